The van der Waals surface area contributed by atoms with E-state index in [0.717, 1.165) is 5.56 Å². The Hall–Kier alpha value is -2.83. The van der Waals surface area contributed by atoms with Crippen molar-refractivity contribution in [2.45, 2.75) is 110 Å². The monoisotopic (exact) mass is 664 g/mol. The summed E-state index contributed by atoms with van der Waals surface area (Å²) in [5.74, 6) is -1.35. The maximum atomic E-state index is 13.7. The van der Waals surface area contributed by atoms with E-state index >= 15 is 0 Å². The highest BCUT2D eigenvalue weighted by Crippen LogP contribution is 2.22. The van der Waals surface area contributed by atoms with E-state index in [1.807, 2.05) is 71.2 Å². The highest BCUT2D eigenvalue weighted by molar-refractivity contribution is 7.98. The van der Waals surface area contributed by atoms with Crippen LogP contribution in [0.15, 0.2) is 30.3 Å². The first-order valence-corrected chi connectivity index (χ1v) is 17.8. The van der Waals surface area contributed by atoms with Crippen LogP contribution in [-0.2, 0) is 30.4 Å². The topological polar surface area (TPSA) is 155 Å². The molecular formula is C34H56N4O7S. The summed E-state index contributed by atoms with van der Waals surface area (Å²) in [5, 5.41) is 23.0. The summed E-state index contributed by atoms with van der Waals surface area (Å²) in [6.07, 6.45) is 2.10. The maximum absolute atomic E-state index is 13.7. The van der Waals surface area contributed by atoms with Crippen molar-refractivity contribution in [2.75, 3.05) is 25.2 Å². The maximum Gasteiger partial charge on any atom is 0.408 e. The van der Waals surface area contributed by atoms with Gasteiger partial charge in [-0.05, 0) is 49.8 Å². The highest BCUT2D eigenvalue weighted by atomic mass is 32.2. The van der Waals surface area contributed by atoms with Crippen molar-refractivity contribution in [1.29, 1.82) is 0 Å². The van der Waals surface area contributed by atoms with E-state index in [1.165, 1.54) is 11.8 Å². The Morgan fingerprint density at radius 1 is 1.07 bits per heavy atom. The van der Waals surface area contributed by atoms with Crippen molar-refractivity contribution in [1.82, 2.24) is 21.3 Å². The summed E-state index contributed by atoms with van der Waals surface area (Å²) < 4.78 is 10.7. The minimum atomic E-state index is -1.30. The zero-order chi connectivity index (χ0) is 34.3. The van der Waals surface area contributed by atoms with Crippen LogP contribution >= 0.6 is 11.8 Å². The van der Waals surface area contributed by atoms with Crippen LogP contribution in [0.2, 0.25) is 0 Å². The summed E-state index contributed by atoms with van der Waals surface area (Å²) in [6.45, 7) is 12.5. The Labute approximate surface area is 279 Å². The van der Waals surface area contributed by atoms with Gasteiger partial charge >= 0.3 is 6.09 Å². The molecule has 11 nitrogen and oxygen atoms in total. The van der Waals surface area contributed by atoms with Gasteiger partial charge in [0.1, 0.15) is 17.7 Å². The average molecular weight is 665 g/mol. The molecule has 0 radical (unpaired) electrons. The number of nitrogens with one attached hydrogen (secondary N) is 4. The molecule has 2 rings (SSSR count). The minimum Gasteiger partial charge on any atom is -0.444 e. The molecule has 4 amide bonds. The SMILES string of the molecule is CCC[C@H](C[C@H](O)[C@H](CC(C)C)NC(=O)C(C)(CSC)NC(=O)O[C@H]1CCOC1)C(=O)N[C@H](C(=O)NCc1ccccc1)C(C)C. The molecular weight excluding hydrogens is 608 g/mol. The van der Waals surface area contributed by atoms with Gasteiger partial charge in [0.15, 0.2) is 0 Å². The van der Waals surface area contributed by atoms with Crippen LogP contribution in [0, 0.1) is 17.8 Å². The largest absolute Gasteiger partial charge is 0.444 e. The summed E-state index contributed by atoms with van der Waals surface area (Å²) >= 11 is 1.40. The van der Waals surface area contributed by atoms with Crippen molar-refractivity contribution in [3.8, 4) is 0 Å². The van der Waals surface area contributed by atoms with E-state index in [-0.39, 0.29) is 41.9 Å². The van der Waals surface area contributed by atoms with E-state index in [9.17, 15) is 24.3 Å². The molecule has 1 heterocycles. The molecule has 1 unspecified atom stereocenters. The van der Waals surface area contributed by atoms with Gasteiger partial charge in [-0.25, -0.2) is 4.79 Å². The average Bonchev–Trinajstić information content (AvgIpc) is 3.50. The highest BCUT2D eigenvalue weighted by Gasteiger charge is 2.39. The second-order valence-electron chi connectivity index (χ2n) is 13.2. The van der Waals surface area contributed by atoms with E-state index in [0.29, 0.717) is 45.4 Å². The molecule has 1 aliphatic heterocycles. The van der Waals surface area contributed by atoms with Gasteiger partial charge in [0.05, 0.1) is 25.4 Å². The third kappa shape index (κ3) is 13.1. The second kappa shape index (κ2) is 19.7. The molecule has 0 bridgehead atoms. The molecule has 6 atom stereocenters. The van der Waals surface area contributed by atoms with Gasteiger partial charge in [0.25, 0.3) is 0 Å². The Kier molecular flexibility index (Phi) is 16.9. The number of carbonyl (C=O) groups is 4. The first-order chi connectivity index (χ1) is 21.8. The molecule has 1 aromatic carbocycles. The van der Waals surface area contributed by atoms with Gasteiger partial charge in [-0.15, -0.1) is 0 Å². The van der Waals surface area contributed by atoms with Crippen molar-refractivity contribution in [2.24, 2.45) is 17.8 Å². The van der Waals surface area contributed by atoms with Crippen molar-refractivity contribution in [3.63, 3.8) is 0 Å². The fraction of sp³-hybridized carbons (Fsp3) is 0.706. The van der Waals surface area contributed by atoms with Crippen LogP contribution in [-0.4, -0.2) is 84.0 Å². The number of benzene rings is 1. The van der Waals surface area contributed by atoms with Gasteiger partial charge < -0.3 is 35.8 Å². The molecule has 1 aromatic rings. The molecule has 1 saturated heterocycles. The lowest BCUT2D eigenvalue weighted by Crippen LogP contribution is -2.62. The van der Waals surface area contributed by atoms with Crippen molar-refractivity contribution >= 4 is 35.6 Å². The lowest BCUT2D eigenvalue weighted by atomic mass is 9.88. The number of aliphatic hydroxyl groups excluding tert-OH is 1. The minimum absolute atomic E-state index is 0.101. The molecule has 260 valence electrons. The number of hydrogen-bond donors (Lipinski definition) is 5. The third-order valence-corrected chi connectivity index (χ3v) is 8.94. The van der Waals surface area contributed by atoms with Crippen LogP contribution < -0.4 is 21.3 Å². The zero-order valence-corrected chi connectivity index (χ0v) is 29.4. The van der Waals surface area contributed by atoms with Crippen LogP contribution in [0.25, 0.3) is 0 Å². The normalized spacial score (nSPS) is 18.6. The number of carbonyl (C=O) groups excluding carboxylic acids is 4. The van der Waals surface area contributed by atoms with Crippen molar-refractivity contribution < 1.29 is 33.8 Å². The molecule has 0 spiro atoms. The standard InChI is InChI=1S/C34H56N4O7S/c1-8-12-25(30(40)37-29(23(4)5)31(41)35-19-24-13-10-9-11-14-24)18-28(39)27(17-22(2)3)36-32(42)34(6,21-46-7)38-33(43)45-26-15-16-44-20-26/h9-11,13-14,22-23,25-29,39H,8,12,15-21H2,1-7H3,(H,35,41)(H,36,42)(H,37,40)(H,38,43)/t25-,26+,27+,28+,29+,34?/m1/s1. The predicted octanol–water partition coefficient (Wildman–Crippen LogP) is 3.78. The lowest BCUT2D eigenvalue weighted by Gasteiger charge is -2.34. The zero-order valence-electron chi connectivity index (χ0n) is 28.6. The molecule has 46 heavy (non-hydrogen) atoms. The number of thioether (sulfide) groups is 1. The number of rotatable bonds is 19. The van der Waals surface area contributed by atoms with Crippen LogP contribution in [0.1, 0.15) is 79.2 Å². The Bertz CT molecular complexity index is 1100. The van der Waals surface area contributed by atoms with Crippen LogP contribution in [0.3, 0.4) is 0 Å². The molecule has 0 aromatic heterocycles. The smallest absolute Gasteiger partial charge is 0.408 e. The van der Waals surface area contributed by atoms with Crippen LogP contribution in [0.5, 0.6) is 0 Å². The molecule has 1 aliphatic rings. The van der Waals surface area contributed by atoms with E-state index in [4.69, 9.17) is 9.47 Å². The Balaban J connectivity index is 2.12. The Morgan fingerprint density at radius 3 is 2.33 bits per heavy atom. The summed E-state index contributed by atoms with van der Waals surface area (Å²) in [6, 6.07) is 8.15. The number of hydrogen-bond acceptors (Lipinski definition) is 8. The molecule has 0 aliphatic carbocycles. The number of ether oxygens (including phenoxy) is 2. The molecule has 12 heteroatoms. The Morgan fingerprint density at radius 2 is 1.76 bits per heavy atom. The lowest BCUT2D eigenvalue weighted by molar-refractivity contribution is -0.133. The predicted molar refractivity (Wildman–Crippen MR) is 181 cm³/mol. The van der Waals surface area contributed by atoms with E-state index < -0.39 is 41.6 Å². The molecule has 5 N–H and O–H groups in total. The van der Waals surface area contributed by atoms with Gasteiger partial charge in [0.2, 0.25) is 17.7 Å². The van der Waals surface area contributed by atoms with Gasteiger partial charge in [0, 0.05) is 24.6 Å². The van der Waals surface area contributed by atoms with Gasteiger partial charge in [-0.1, -0.05) is 71.4 Å². The molecule has 0 saturated carbocycles. The van der Waals surface area contributed by atoms with Gasteiger partial charge in [-0.2, -0.15) is 11.8 Å². The number of amides is 4. The van der Waals surface area contributed by atoms with Gasteiger partial charge in [-0.3, -0.25) is 14.4 Å². The fourth-order valence-electron chi connectivity index (χ4n) is 5.47. The van der Waals surface area contributed by atoms with E-state index in [2.05, 4.69) is 21.3 Å². The summed E-state index contributed by atoms with van der Waals surface area (Å²) in [7, 11) is 0. The number of alkyl carbamates (subject to hydrolysis) is 1. The van der Waals surface area contributed by atoms with Crippen LogP contribution in [0.4, 0.5) is 4.79 Å². The van der Waals surface area contributed by atoms with Crippen molar-refractivity contribution in [3.05, 3.63) is 35.9 Å². The first-order valence-electron chi connectivity index (χ1n) is 16.5. The first kappa shape index (κ1) is 39.3. The second-order valence-corrected chi connectivity index (χ2v) is 14.1. The third-order valence-electron chi connectivity index (χ3n) is 8.07. The number of aliphatic hydroxyl groups is 1. The summed E-state index contributed by atoms with van der Waals surface area (Å²) in [4.78, 5) is 53.0. The quantitative estimate of drug-likeness (QED) is 0.150. The van der Waals surface area contributed by atoms with E-state index in [1.54, 1.807) is 6.92 Å². The summed E-state index contributed by atoms with van der Waals surface area (Å²) in [5.41, 5.74) is -0.345. The fourth-order valence-corrected chi connectivity index (χ4v) is 6.25. The molecule has 1 fully saturated rings.